The van der Waals surface area contributed by atoms with Crippen molar-refractivity contribution in [2.45, 2.75) is 13.2 Å². The van der Waals surface area contributed by atoms with Crippen molar-refractivity contribution in [1.29, 1.82) is 0 Å². The van der Waals surface area contributed by atoms with Gasteiger partial charge in [0.2, 0.25) is 5.82 Å². The fourth-order valence-electron chi connectivity index (χ4n) is 2.14. The number of fused-ring (bicyclic) bond motifs is 1. The molecule has 0 saturated carbocycles. The molecule has 20 heavy (non-hydrogen) atoms. The smallest absolute Gasteiger partial charge is 0.212 e. The average Bonchev–Trinajstić information content (AvgIpc) is 2.90. The zero-order chi connectivity index (χ0) is 13.9. The van der Waals surface area contributed by atoms with Crippen LogP contribution >= 0.6 is 0 Å². The van der Waals surface area contributed by atoms with Gasteiger partial charge >= 0.3 is 0 Å². The predicted molar refractivity (Wildman–Crippen MR) is 73.0 cm³/mol. The summed E-state index contributed by atoms with van der Waals surface area (Å²) in [5.74, 6) is 1.14. The summed E-state index contributed by atoms with van der Waals surface area (Å²) in [6.45, 7) is 0.143. The maximum Gasteiger partial charge on any atom is 0.212 e. The Morgan fingerprint density at radius 3 is 2.80 bits per heavy atom. The minimum absolute atomic E-state index is 0.0788. The second-order valence-corrected chi connectivity index (χ2v) is 4.41. The molecule has 0 amide bonds. The second kappa shape index (κ2) is 5.26. The Bertz CT molecular complexity index is 739. The minimum Gasteiger partial charge on any atom is -0.485 e. The van der Waals surface area contributed by atoms with Crippen molar-refractivity contribution in [3.63, 3.8) is 0 Å². The Hall–Kier alpha value is -2.47. The maximum absolute atomic E-state index is 9.59. The van der Waals surface area contributed by atoms with Crippen LogP contribution in [0.15, 0.2) is 36.4 Å². The van der Waals surface area contributed by atoms with E-state index in [1.165, 1.54) is 4.80 Å². The maximum atomic E-state index is 9.59. The number of tetrazole rings is 1. The van der Waals surface area contributed by atoms with Crippen LogP contribution in [-0.4, -0.2) is 25.3 Å². The molecule has 1 heterocycles. The molecule has 0 saturated heterocycles. The van der Waals surface area contributed by atoms with Crippen molar-refractivity contribution in [2.75, 3.05) is 0 Å². The van der Waals surface area contributed by atoms with Gasteiger partial charge < -0.3 is 9.84 Å². The monoisotopic (exact) mass is 270 g/mol. The first kappa shape index (κ1) is 12.6. The molecule has 0 spiro atoms. The summed E-state index contributed by atoms with van der Waals surface area (Å²) in [7, 11) is 1.70. The molecule has 1 aromatic heterocycles. The van der Waals surface area contributed by atoms with Gasteiger partial charge in [0, 0.05) is 5.56 Å². The molecule has 102 valence electrons. The van der Waals surface area contributed by atoms with Crippen molar-refractivity contribution in [1.82, 2.24) is 20.2 Å². The number of hydrogen-bond acceptors (Lipinski definition) is 5. The van der Waals surface area contributed by atoms with Crippen molar-refractivity contribution >= 4 is 10.8 Å². The lowest BCUT2D eigenvalue weighted by Crippen LogP contribution is -2.02. The van der Waals surface area contributed by atoms with E-state index in [1.54, 1.807) is 7.05 Å². The van der Waals surface area contributed by atoms with Gasteiger partial charge in [-0.1, -0.05) is 30.3 Å². The molecule has 0 fully saturated rings. The Kier molecular flexibility index (Phi) is 3.30. The molecule has 2 aromatic carbocycles. The van der Waals surface area contributed by atoms with Crippen molar-refractivity contribution in [3.8, 4) is 5.75 Å². The lowest BCUT2D eigenvalue weighted by Gasteiger charge is -2.11. The summed E-state index contributed by atoms with van der Waals surface area (Å²) in [6, 6.07) is 11.7. The van der Waals surface area contributed by atoms with Crippen LogP contribution in [0.3, 0.4) is 0 Å². The van der Waals surface area contributed by atoms with E-state index >= 15 is 0 Å². The zero-order valence-electron chi connectivity index (χ0n) is 11.0. The van der Waals surface area contributed by atoms with Gasteiger partial charge in [-0.05, 0) is 22.1 Å². The highest BCUT2D eigenvalue weighted by Gasteiger charge is 2.09. The number of ether oxygens (including phenoxy) is 1. The number of nitrogens with zero attached hydrogens (tertiary/aromatic N) is 4. The van der Waals surface area contributed by atoms with Crippen LogP contribution in [0.25, 0.3) is 10.8 Å². The Balaban J connectivity index is 1.91. The minimum atomic E-state index is -0.0788. The number of aliphatic hydroxyl groups is 1. The number of hydrogen-bond donors (Lipinski definition) is 1. The van der Waals surface area contributed by atoms with Gasteiger partial charge in [0.25, 0.3) is 0 Å². The first-order valence-corrected chi connectivity index (χ1v) is 6.25. The molecule has 1 N–H and O–H groups in total. The number of aryl methyl sites for hydroxylation is 1. The highest BCUT2D eigenvalue weighted by Crippen LogP contribution is 2.28. The SMILES string of the molecule is Cn1nnc(COc2ccc3ccccc3c2CO)n1. The molecule has 3 rings (SSSR count). The third kappa shape index (κ3) is 2.33. The van der Waals surface area contributed by atoms with Gasteiger partial charge in [-0.3, -0.25) is 0 Å². The van der Waals surface area contributed by atoms with Crippen molar-refractivity contribution in [3.05, 3.63) is 47.8 Å². The van der Waals surface area contributed by atoms with Crippen LogP contribution in [0.1, 0.15) is 11.4 Å². The summed E-state index contributed by atoms with van der Waals surface area (Å²) < 4.78 is 5.70. The van der Waals surface area contributed by atoms with Crippen LogP contribution in [-0.2, 0) is 20.3 Å². The van der Waals surface area contributed by atoms with Gasteiger partial charge in [0.15, 0.2) is 6.61 Å². The Labute approximate surface area is 115 Å². The van der Waals surface area contributed by atoms with Crippen LogP contribution in [0, 0.1) is 0 Å². The van der Waals surface area contributed by atoms with E-state index in [-0.39, 0.29) is 13.2 Å². The van der Waals surface area contributed by atoms with E-state index in [4.69, 9.17) is 4.74 Å². The standard InChI is InChI=1S/C14H14N4O2/c1-18-16-14(15-17-18)9-20-13-7-6-10-4-2-3-5-11(10)12(13)8-19/h2-7,19H,8-9H2,1H3. The molecule has 6 nitrogen and oxygen atoms in total. The van der Waals surface area contributed by atoms with Crippen LogP contribution in [0.5, 0.6) is 5.75 Å². The molecule has 0 aliphatic rings. The van der Waals surface area contributed by atoms with Crippen LogP contribution < -0.4 is 4.74 Å². The first-order chi connectivity index (χ1) is 9.78. The predicted octanol–water partition coefficient (Wildman–Crippen LogP) is 1.43. The van der Waals surface area contributed by atoms with Gasteiger partial charge in [0.05, 0.1) is 13.7 Å². The molecule has 0 aliphatic carbocycles. The molecule has 0 bridgehead atoms. The third-order valence-corrected chi connectivity index (χ3v) is 3.06. The van der Waals surface area contributed by atoms with E-state index < -0.39 is 0 Å². The number of aromatic nitrogens is 4. The van der Waals surface area contributed by atoms with Gasteiger partial charge in [-0.2, -0.15) is 4.80 Å². The Morgan fingerprint density at radius 1 is 1.20 bits per heavy atom. The van der Waals surface area contributed by atoms with E-state index in [9.17, 15) is 5.11 Å². The second-order valence-electron chi connectivity index (χ2n) is 4.41. The summed E-state index contributed by atoms with van der Waals surface area (Å²) in [5, 5.41) is 23.3. The fourth-order valence-corrected chi connectivity index (χ4v) is 2.14. The highest BCUT2D eigenvalue weighted by molar-refractivity contribution is 5.87. The summed E-state index contributed by atoms with van der Waals surface area (Å²) in [5.41, 5.74) is 0.770. The molecule has 0 aliphatic heterocycles. The molecular formula is C14H14N4O2. The van der Waals surface area contributed by atoms with Crippen molar-refractivity contribution in [2.24, 2.45) is 7.05 Å². The van der Waals surface area contributed by atoms with Crippen LogP contribution in [0.2, 0.25) is 0 Å². The van der Waals surface area contributed by atoms with Gasteiger partial charge in [0.1, 0.15) is 5.75 Å². The quantitative estimate of drug-likeness (QED) is 0.776. The third-order valence-electron chi connectivity index (χ3n) is 3.06. The number of benzene rings is 2. The summed E-state index contributed by atoms with van der Waals surface area (Å²) >= 11 is 0. The largest absolute Gasteiger partial charge is 0.485 e. The molecule has 0 atom stereocenters. The zero-order valence-corrected chi connectivity index (χ0v) is 11.0. The molecule has 0 radical (unpaired) electrons. The van der Waals surface area contributed by atoms with Crippen LogP contribution in [0.4, 0.5) is 0 Å². The van der Waals surface area contributed by atoms with Crippen molar-refractivity contribution < 1.29 is 9.84 Å². The fraction of sp³-hybridized carbons (Fsp3) is 0.214. The van der Waals surface area contributed by atoms with E-state index in [0.29, 0.717) is 11.6 Å². The summed E-state index contributed by atoms with van der Waals surface area (Å²) in [6.07, 6.45) is 0. The lowest BCUT2D eigenvalue weighted by molar-refractivity contribution is 0.257. The normalized spacial score (nSPS) is 10.9. The molecule has 6 heteroatoms. The lowest BCUT2D eigenvalue weighted by atomic mass is 10.0. The van der Waals surface area contributed by atoms with E-state index in [2.05, 4.69) is 15.4 Å². The van der Waals surface area contributed by atoms with E-state index in [0.717, 1.165) is 16.3 Å². The van der Waals surface area contributed by atoms with Gasteiger partial charge in [-0.25, -0.2) is 0 Å². The van der Waals surface area contributed by atoms with E-state index in [1.807, 2.05) is 36.4 Å². The first-order valence-electron chi connectivity index (χ1n) is 6.25. The molecule has 0 unspecified atom stereocenters. The number of rotatable bonds is 4. The molecular weight excluding hydrogens is 256 g/mol. The number of aliphatic hydroxyl groups excluding tert-OH is 1. The highest BCUT2D eigenvalue weighted by atomic mass is 16.5. The topological polar surface area (TPSA) is 73.1 Å². The van der Waals surface area contributed by atoms with Gasteiger partial charge in [-0.15, -0.1) is 10.2 Å². The Morgan fingerprint density at radius 2 is 2.05 bits per heavy atom. The average molecular weight is 270 g/mol. The summed E-state index contributed by atoms with van der Waals surface area (Å²) in [4.78, 5) is 1.38. The molecule has 3 aromatic rings.